The van der Waals surface area contributed by atoms with E-state index in [1.165, 1.54) is 20.2 Å². The van der Waals surface area contributed by atoms with Gasteiger partial charge in [0.2, 0.25) is 0 Å². The van der Waals surface area contributed by atoms with E-state index in [-0.39, 0.29) is 22.8 Å². The third kappa shape index (κ3) is 3.48. The van der Waals surface area contributed by atoms with E-state index in [2.05, 4.69) is 45.9 Å². The average molecular weight is 441 g/mol. The molecule has 2 saturated carbocycles. The summed E-state index contributed by atoms with van der Waals surface area (Å²) in [6, 6.07) is 0. The standard InChI is InChI=1S/C23H32N6O3/c1-21(2,31)20(30)29-10-8-28(9-11-29)18(25-14-24)12-16-19-23(16)13-15(32-22(3)6-7-22)4-5-17(23)26-27-19/h4-5,12,14,16,26,31H,6-11,13H2,1-3H3,(H2,24,25)/b18-12+/t16-,23?/m0/s1. The Labute approximate surface area is 188 Å². The van der Waals surface area contributed by atoms with Crippen LogP contribution in [0.25, 0.3) is 0 Å². The summed E-state index contributed by atoms with van der Waals surface area (Å²) in [5.41, 5.74) is 3.85. The lowest BCUT2D eigenvalue weighted by Crippen LogP contribution is -2.54. The molecule has 2 atom stereocenters. The van der Waals surface area contributed by atoms with Crippen molar-refractivity contribution in [2.45, 2.75) is 51.2 Å². The number of ether oxygens (including phenoxy) is 1. The van der Waals surface area contributed by atoms with Gasteiger partial charge in [-0.05, 0) is 51.8 Å². The summed E-state index contributed by atoms with van der Waals surface area (Å²) in [6.45, 7) is 7.53. The Kier molecular flexibility index (Phi) is 4.67. The number of hydrazone groups is 1. The maximum absolute atomic E-state index is 12.4. The second kappa shape index (κ2) is 7.10. The minimum Gasteiger partial charge on any atom is -0.492 e. The smallest absolute Gasteiger partial charge is 0.254 e. The van der Waals surface area contributed by atoms with Gasteiger partial charge >= 0.3 is 0 Å². The Morgan fingerprint density at radius 2 is 2.00 bits per heavy atom. The van der Waals surface area contributed by atoms with E-state index in [4.69, 9.17) is 10.1 Å². The van der Waals surface area contributed by atoms with Crippen molar-refractivity contribution in [2.75, 3.05) is 26.2 Å². The summed E-state index contributed by atoms with van der Waals surface area (Å²) in [7, 11) is 0. The van der Waals surface area contributed by atoms with Gasteiger partial charge in [0.1, 0.15) is 17.0 Å². The van der Waals surface area contributed by atoms with Crippen LogP contribution in [0.2, 0.25) is 0 Å². The van der Waals surface area contributed by atoms with Crippen LogP contribution in [0.15, 0.2) is 40.6 Å². The van der Waals surface area contributed by atoms with E-state index in [1.54, 1.807) is 4.90 Å². The third-order valence-electron chi connectivity index (χ3n) is 7.17. The van der Waals surface area contributed by atoms with Crippen LogP contribution in [-0.4, -0.2) is 70.2 Å². The molecule has 9 heteroatoms. The molecule has 172 valence electrons. The summed E-state index contributed by atoms with van der Waals surface area (Å²) < 4.78 is 6.26. The van der Waals surface area contributed by atoms with Gasteiger partial charge in [0.25, 0.3) is 5.91 Å². The number of rotatable bonds is 7. The molecule has 0 aromatic carbocycles. The van der Waals surface area contributed by atoms with E-state index in [0.717, 1.165) is 42.3 Å². The quantitative estimate of drug-likeness (QED) is 0.350. The zero-order valence-corrected chi connectivity index (χ0v) is 18.9. The highest BCUT2D eigenvalue weighted by molar-refractivity contribution is 6.14. The molecule has 1 spiro atoms. The summed E-state index contributed by atoms with van der Waals surface area (Å²) in [6.07, 6.45) is 10.5. The fourth-order valence-electron chi connectivity index (χ4n) is 4.97. The lowest BCUT2D eigenvalue weighted by Gasteiger charge is -2.39. The van der Waals surface area contributed by atoms with E-state index >= 15 is 0 Å². The van der Waals surface area contributed by atoms with Gasteiger partial charge < -0.3 is 25.0 Å². The minimum atomic E-state index is -1.36. The fraction of sp³-hybridized carbons (Fsp3) is 0.609. The van der Waals surface area contributed by atoms with Crippen LogP contribution < -0.4 is 10.7 Å². The van der Waals surface area contributed by atoms with Crippen LogP contribution in [0.1, 0.15) is 40.0 Å². The molecule has 1 amide bonds. The van der Waals surface area contributed by atoms with E-state index in [9.17, 15) is 9.90 Å². The predicted molar refractivity (Wildman–Crippen MR) is 120 cm³/mol. The summed E-state index contributed by atoms with van der Waals surface area (Å²) in [5, 5.41) is 25.3. The van der Waals surface area contributed by atoms with Gasteiger partial charge in [0.15, 0.2) is 0 Å². The molecule has 5 aliphatic rings. The van der Waals surface area contributed by atoms with Gasteiger partial charge in [0, 0.05) is 44.2 Å². The maximum atomic E-state index is 12.4. The normalized spacial score (nSPS) is 30.2. The Hall–Kier alpha value is -2.81. The molecular weight excluding hydrogens is 408 g/mol. The minimum absolute atomic E-state index is 0.00940. The number of hydrogen-bond donors (Lipinski definition) is 4. The summed E-state index contributed by atoms with van der Waals surface area (Å²) in [4.78, 5) is 16.2. The molecule has 5 rings (SSSR count). The van der Waals surface area contributed by atoms with Gasteiger partial charge in [-0.1, -0.05) is 0 Å². The number of hydrogen-bond acceptors (Lipinski definition) is 7. The Balaban J connectivity index is 1.30. The first kappa shape index (κ1) is 21.1. The topological polar surface area (TPSA) is 113 Å². The number of nitrogens with zero attached hydrogens (tertiary/aromatic N) is 3. The molecule has 3 aliphatic carbocycles. The maximum Gasteiger partial charge on any atom is 0.254 e. The molecule has 32 heavy (non-hydrogen) atoms. The molecule has 9 nitrogen and oxygen atoms in total. The number of piperazine rings is 1. The molecule has 2 heterocycles. The lowest BCUT2D eigenvalue weighted by molar-refractivity contribution is -0.149. The molecule has 3 fully saturated rings. The second-order valence-corrected chi connectivity index (χ2v) is 10.2. The van der Waals surface area contributed by atoms with Crippen LogP contribution in [0.3, 0.4) is 0 Å². The monoisotopic (exact) mass is 440 g/mol. The first-order chi connectivity index (χ1) is 15.2. The number of carbonyl (C=O) groups excluding carboxylic acids is 1. The highest BCUT2D eigenvalue weighted by atomic mass is 16.5. The average Bonchev–Trinajstić information content (AvgIpc) is 3.57. The molecule has 0 aromatic rings. The lowest BCUT2D eigenvalue weighted by atomic mass is 9.89. The van der Waals surface area contributed by atoms with E-state index in [1.807, 2.05) is 0 Å². The Morgan fingerprint density at radius 3 is 2.62 bits per heavy atom. The van der Waals surface area contributed by atoms with E-state index in [0.29, 0.717) is 26.2 Å². The van der Waals surface area contributed by atoms with Crippen LogP contribution in [-0.2, 0) is 9.53 Å². The second-order valence-electron chi connectivity index (χ2n) is 10.2. The number of aliphatic hydroxyl groups is 1. The highest BCUT2D eigenvalue weighted by Crippen LogP contribution is 2.63. The molecule has 1 unspecified atom stereocenters. The molecule has 1 saturated heterocycles. The van der Waals surface area contributed by atoms with Gasteiger partial charge in [-0.25, -0.2) is 0 Å². The van der Waals surface area contributed by atoms with Crippen molar-refractivity contribution in [3.8, 4) is 0 Å². The Morgan fingerprint density at radius 1 is 1.31 bits per heavy atom. The zero-order valence-electron chi connectivity index (χ0n) is 18.9. The first-order valence-electron chi connectivity index (χ1n) is 11.3. The van der Waals surface area contributed by atoms with Crippen molar-refractivity contribution in [3.63, 3.8) is 0 Å². The number of amides is 1. The van der Waals surface area contributed by atoms with Crippen LogP contribution >= 0.6 is 0 Å². The summed E-state index contributed by atoms with van der Waals surface area (Å²) in [5.74, 6) is 1.77. The fourth-order valence-corrected chi connectivity index (χ4v) is 4.97. The highest BCUT2D eigenvalue weighted by Gasteiger charge is 2.67. The number of nitrogens with one attached hydrogen (secondary N) is 3. The Bertz CT molecular complexity index is 963. The van der Waals surface area contributed by atoms with Crippen molar-refractivity contribution in [1.29, 1.82) is 5.41 Å². The van der Waals surface area contributed by atoms with Gasteiger partial charge in [-0.3, -0.25) is 15.6 Å². The van der Waals surface area contributed by atoms with Gasteiger partial charge in [-0.15, -0.1) is 0 Å². The molecule has 0 aromatic heterocycles. The predicted octanol–water partition coefficient (Wildman–Crippen LogP) is 1.26. The van der Waals surface area contributed by atoms with Crippen molar-refractivity contribution in [1.82, 2.24) is 20.5 Å². The van der Waals surface area contributed by atoms with Crippen molar-refractivity contribution >= 4 is 18.0 Å². The first-order valence-corrected chi connectivity index (χ1v) is 11.3. The molecule has 0 radical (unpaired) electrons. The van der Waals surface area contributed by atoms with Crippen LogP contribution in [0, 0.1) is 16.7 Å². The largest absolute Gasteiger partial charge is 0.492 e. The van der Waals surface area contributed by atoms with Crippen molar-refractivity contribution in [2.24, 2.45) is 16.4 Å². The number of allylic oxidation sites excluding steroid dienone is 5. The van der Waals surface area contributed by atoms with Crippen molar-refractivity contribution in [3.05, 3.63) is 35.5 Å². The van der Waals surface area contributed by atoms with Crippen LogP contribution in [0.5, 0.6) is 0 Å². The zero-order chi connectivity index (χ0) is 22.7. The SMILES string of the molecule is CC1(OC2=CC=C3NN=C4[C@H](/C=C(\NC=N)N5CCN(C(=O)C(C)(C)O)CC5)C34C2)CC1. The summed E-state index contributed by atoms with van der Waals surface area (Å²) >= 11 is 0. The molecule has 4 N–H and O–H groups in total. The molecular formula is C23H32N6O3. The van der Waals surface area contributed by atoms with Crippen molar-refractivity contribution < 1.29 is 14.6 Å². The number of carbonyl (C=O) groups is 1. The molecule has 2 aliphatic heterocycles. The van der Waals surface area contributed by atoms with E-state index < -0.39 is 5.60 Å². The van der Waals surface area contributed by atoms with Crippen LogP contribution in [0.4, 0.5) is 0 Å². The molecule has 0 bridgehead atoms. The van der Waals surface area contributed by atoms with Gasteiger partial charge in [0.05, 0.1) is 23.2 Å². The third-order valence-corrected chi connectivity index (χ3v) is 7.17. The van der Waals surface area contributed by atoms with Gasteiger partial charge in [-0.2, -0.15) is 5.10 Å².